The summed E-state index contributed by atoms with van der Waals surface area (Å²) in [6.45, 7) is 1.06. The summed E-state index contributed by atoms with van der Waals surface area (Å²) in [5.74, 6) is 0.735. The van der Waals surface area contributed by atoms with Crippen molar-refractivity contribution in [3.05, 3.63) is 27.2 Å². The molecule has 4 rings (SSSR count). The summed E-state index contributed by atoms with van der Waals surface area (Å²) >= 11 is 12.6. The smallest absolute Gasteiger partial charge is 0.153 e. The van der Waals surface area contributed by atoms with E-state index in [2.05, 4.69) is 5.32 Å². The van der Waals surface area contributed by atoms with Crippen molar-refractivity contribution in [2.45, 2.75) is 50.0 Å². The minimum absolute atomic E-state index is 0.0720. The van der Waals surface area contributed by atoms with Crippen molar-refractivity contribution in [2.75, 3.05) is 6.54 Å². The molecule has 1 aromatic rings. The maximum atomic E-state index is 10.2. The molecule has 0 radical (unpaired) electrons. The topological polar surface area (TPSA) is 32.3 Å². The largest absolute Gasteiger partial charge is 0.505 e. The molecular formula is C16H19Cl2NO. The lowest BCUT2D eigenvalue weighted by Crippen LogP contribution is -2.59. The van der Waals surface area contributed by atoms with Crippen LogP contribution >= 0.6 is 23.2 Å². The van der Waals surface area contributed by atoms with E-state index in [0.29, 0.717) is 22.0 Å². The van der Waals surface area contributed by atoms with Crippen LogP contribution in [0.3, 0.4) is 0 Å². The lowest BCUT2D eigenvalue weighted by molar-refractivity contribution is 0.0796. The number of piperidine rings is 1. The Bertz CT molecular complexity index is 570. The van der Waals surface area contributed by atoms with Crippen LogP contribution in [0.1, 0.15) is 43.2 Å². The molecule has 3 aliphatic rings. The van der Waals surface area contributed by atoms with Crippen LogP contribution in [0.5, 0.6) is 5.75 Å². The van der Waals surface area contributed by atoms with Crippen LogP contribution in [0.15, 0.2) is 6.07 Å². The fourth-order valence-corrected chi connectivity index (χ4v) is 5.72. The second-order valence-corrected chi connectivity index (χ2v) is 7.36. The van der Waals surface area contributed by atoms with Crippen molar-refractivity contribution < 1.29 is 5.11 Å². The molecule has 2 nitrogen and oxygen atoms in total. The van der Waals surface area contributed by atoms with Gasteiger partial charge in [-0.3, -0.25) is 0 Å². The average molecular weight is 312 g/mol. The monoisotopic (exact) mass is 311 g/mol. The summed E-state index contributed by atoms with van der Waals surface area (Å²) < 4.78 is 0. The second kappa shape index (κ2) is 4.53. The van der Waals surface area contributed by atoms with E-state index < -0.39 is 0 Å². The number of rotatable bonds is 0. The van der Waals surface area contributed by atoms with Crippen molar-refractivity contribution in [3.8, 4) is 5.75 Å². The minimum atomic E-state index is 0.0720. The minimum Gasteiger partial charge on any atom is -0.505 e. The van der Waals surface area contributed by atoms with E-state index in [9.17, 15) is 5.11 Å². The van der Waals surface area contributed by atoms with Crippen LogP contribution in [0.4, 0.5) is 0 Å². The zero-order valence-electron chi connectivity index (χ0n) is 11.4. The molecule has 2 N–H and O–H groups in total. The third kappa shape index (κ3) is 1.62. The van der Waals surface area contributed by atoms with Crippen LogP contribution in [0, 0.1) is 5.92 Å². The fourth-order valence-electron chi connectivity index (χ4n) is 5.03. The highest BCUT2D eigenvalue weighted by atomic mass is 35.5. The Labute approximate surface area is 129 Å². The third-order valence-corrected chi connectivity index (χ3v) is 6.43. The van der Waals surface area contributed by atoms with Crippen molar-refractivity contribution in [1.82, 2.24) is 5.32 Å². The van der Waals surface area contributed by atoms with Gasteiger partial charge in [-0.25, -0.2) is 0 Å². The Morgan fingerprint density at radius 2 is 2.10 bits per heavy atom. The van der Waals surface area contributed by atoms with E-state index >= 15 is 0 Å². The third-order valence-electron chi connectivity index (χ3n) is 5.77. The van der Waals surface area contributed by atoms with Gasteiger partial charge in [0.2, 0.25) is 0 Å². The molecule has 3 unspecified atom stereocenters. The van der Waals surface area contributed by atoms with Crippen molar-refractivity contribution >= 4 is 23.2 Å². The Morgan fingerprint density at radius 3 is 2.95 bits per heavy atom. The maximum absolute atomic E-state index is 10.2. The lowest BCUT2D eigenvalue weighted by Gasteiger charge is -2.56. The van der Waals surface area contributed by atoms with Gasteiger partial charge < -0.3 is 10.4 Å². The Kier molecular flexibility index (Phi) is 3.00. The summed E-state index contributed by atoms with van der Waals surface area (Å²) in [5.41, 5.74) is 2.62. The van der Waals surface area contributed by atoms with Crippen molar-refractivity contribution in [1.29, 1.82) is 0 Å². The number of hydrogen-bond acceptors (Lipinski definition) is 2. The summed E-state index contributed by atoms with van der Waals surface area (Å²) in [7, 11) is 0. The first-order valence-corrected chi connectivity index (χ1v) is 8.33. The van der Waals surface area contributed by atoms with Gasteiger partial charge in [-0.15, -0.1) is 0 Å². The van der Waals surface area contributed by atoms with Crippen LogP contribution in [0.25, 0.3) is 0 Å². The normalized spacial score (nSPS) is 35.3. The van der Waals surface area contributed by atoms with Gasteiger partial charge in [-0.1, -0.05) is 36.0 Å². The van der Waals surface area contributed by atoms with Gasteiger partial charge in [-0.2, -0.15) is 0 Å². The predicted molar refractivity (Wildman–Crippen MR) is 81.9 cm³/mol. The summed E-state index contributed by atoms with van der Waals surface area (Å²) in [5, 5.41) is 14.8. The summed E-state index contributed by atoms with van der Waals surface area (Å²) in [4.78, 5) is 0. The number of hydrogen-bond donors (Lipinski definition) is 2. The molecule has 1 heterocycles. The number of fused-ring (bicyclic) bond motifs is 1. The Hall–Kier alpha value is -0.440. The number of phenolic OH excluding ortho intramolecular Hbond substituents is 1. The Balaban J connectivity index is 1.97. The van der Waals surface area contributed by atoms with Gasteiger partial charge in [0, 0.05) is 11.5 Å². The fraction of sp³-hybridized carbons (Fsp3) is 0.625. The van der Waals surface area contributed by atoms with Crippen molar-refractivity contribution in [3.63, 3.8) is 0 Å². The maximum Gasteiger partial charge on any atom is 0.153 e. The Morgan fingerprint density at radius 1 is 1.25 bits per heavy atom. The van der Waals surface area contributed by atoms with Gasteiger partial charge in [-0.05, 0) is 55.3 Å². The first-order valence-electron chi connectivity index (χ1n) is 7.57. The molecule has 3 atom stereocenters. The van der Waals surface area contributed by atoms with Crippen molar-refractivity contribution in [2.24, 2.45) is 5.92 Å². The molecule has 20 heavy (non-hydrogen) atoms. The van der Waals surface area contributed by atoms with Crippen LogP contribution in [0.2, 0.25) is 10.0 Å². The highest BCUT2D eigenvalue weighted by Crippen LogP contribution is 2.57. The van der Waals surface area contributed by atoms with Gasteiger partial charge >= 0.3 is 0 Å². The van der Waals surface area contributed by atoms with Gasteiger partial charge in [0.1, 0.15) is 0 Å². The van der Waals surface area contributed by atoms with Crippen LogP contribution < -0.4 is 5.32 Å². The molecule has 1 saturated carbocycles. The molecule has 0 aromatic heterocycles. The highest BCUT2D eigenvalue weighted by Gasteiger charge is 2.52. The number of phenols is 1. The molecule has 1 aliphatic heterocycles. The quantitative estimate of drug-likeness (QED) is 0.757. The molecule has 108 valence electrons. The van der Waals surface area contributed by atoms with E-state index in [4.69, 9.17) is 23.2 Å². The summed E-state index contributed by atoms with van der Waals surface area (Å²) in [6, 6.07) is 2.48. The second-order valence-electron chi connectivity index (χ2n) is 6.58. The zero-order chi connectivity index (χ0) is 13.9. The van der Waals surface area contributed by atoms with E-state index in [0.717, 1.165) is 19.4 Å². The summed E-state index contributed by atoms with van der Waals surface area (Å²) in [6.07, 6.45) is 7.17. The molecule has 2 aliphatic carbocycles. The highest BCUT2D eigenvalue weighted by molar-refractivity contribution is 6.37. The van der Waals surface area contributed by atoms with Gasteiger partial charge in [0.05, 0.1) is 10.0 Å². The first kappa shape index (κ1) is 13.2. The standard InChI is InChI=1S/C16H19Cl2NO/c17-11-7-9-8-12-10-3-1-2-4-16(10,5-6-19-12)13(9)14(18)15(11)20/h7,10,12,19-20H,1-6,8H2. The molecule has 1 saturated heterocycles. The lowest BCUT2D eigenvalue weighted by atomic mass is 9.53. The average Bonchev–Trinajstić information content (AvgIpc) is 2.44. The first-order chi connectivity index (χ1) is 9.63. The molecule has 2 bridgehead atoms. The number of benzene rings is 1. The number of aromatic hydroxyl groups is 1. The predicted octanol–water partition coefficient (Wildman–Crippen LogP) is 4.05. The molecule has 2 fully saturated rings. The van der Waals surface area contributed by atoms with Crippen LogP contribution in [-0.2, 0) is 11.8 Å². The molecule has 4 heteroatoms. The van der Waals surface area contributed by atoms with Gasteiger partial charge in [0.25, 0.3) is 0 Å². The van der Waals surface area contributed by atoms with Crippen LogP contribution in [-0.4, -0.2) is 17.7 Å². The molecule has 0 amide bonds. The van der Waals surface area contributed by atoms with Gasteiger partial charge in [0.15, 0.2) is 5.75 Å². The number of halogens is 2. The van der Waals surface area contributed by atoms with E-state index in [-0.39, 0.29) is 11.2 Å². The SMILES string of the molecule is Oc1c(Cl)cc2c(c1Cl)C13CCCCC1C(C2)NCC3. The van der Waals surface area contributed by atoms with E-state index in [1.807, 2.05) is 6.07 Å². The number of nitrogens with one attached hydrogen (secondary N) is 1. The molecular weight excluding hydrogens is 293 g/mol. The van der Waals surface area contributed by atoms with E-state index in [1.165, 1.54) is 36.8 Å². The molecule has 0 spiro atoms. The molecule has 1 aromatic carbocycles. The van der Waals surface area contributed by atoms with E-state index in [1.54, 1.807) is 0 Å². The zero-order valence-corrected chi connectivity index (χ0v) is 12.9.